The average molecular weight is 318 g/mol. The molecule has 0 aliphatic carbocycles. The number of carboxylic acids is 1. The van der Waals surface area contributed by atoms with Gasteiger partial charge in [-0.25, -0.2) is 0 Å². The van der Waals surface area contributed by atoms with Crippen molar-refractivity contribution in [3.05, 3.63) is 45.1 Å². The third kappa shape index (κ3) is 2.25. The second kappa shape index (κ2) is 5.46. The summed E-state index contributed by atoms with van der Waals surface area (Å²) in [7, 11) is 0. The standard InChI is InChI=1S/C16H14O5S/c1-8(16(19)20)10-7-9-4-5-21-15(9)12(13(10)17)14(18)11-3-2-6-22-11/h2-3,6-8,17H,4-5H2,1H3,(H,19,20). The van der Waals surface area contributed by atoms with E-state index in [-0.39, 0.29) is 22.7 Å². The number of carboxylic acid groups (broad SMARTS) is 1. The van der Waals surface area contributed by atoms with Crippen LogP contribution < -0.4 is 4.74 Å². The van der Waals surface area contributed by atoms with Crippen molar-refractivity contribution in [3.63, 3.8) is 0 Å². The van der Waals surface area contributed by atoms with Crippen molar-refractivity contribution in [3.8, 4) is 11.5 Å². The largest absolute Gasteiger partial charge is 0.507 e. The molecule has 5 nitrogen and oxygen atoms in total. The first-order chi connectivity index (χ1) is 10.5. The van der Waals surface area contributed by atoms with Crippen LogP contribution in [0.4, 0.5) is 0 Å². The lowest BCUT2D eigenvalue weighted by Gasteiger charge is -2.15. The molecule has 2 N–H and O–H groups in total. The molecule has 6 heteroatoms. The molecule has 1 unspecified atom stereocenters. The Morgan fingerprint density at radius 2 is 2.18 bits per heavy atom. The Morgan fingerprint density at radius 1 is 1.41 bits per heavy atom. The monoisotopic (exact) mass is 318 g/mol. The van der Waals surface area contributed by atoms with Crippen molar-refractivity contribution in [2.75, 3.05) is 6.61 Å². The molecule has 0 bridgehead atoms. The zero-order valence-electron chi connectivity index (χ0n) is 11.8. The van der Waals surface area contributed by atoms with Gasteiger partial charge in [0.15, 0.2) is 0 Å². The van der Waals surface area contributed by atoms with Crippen molar-refractivity contribution >= 4 is 23.1 Å². The number of hydrogen-bond donors (Lipinski definition) is 2. The van der Waals surface area contributed by atoms with Gasteiger partial charge in [-0.2, -0.15) is 0 Å². The Morgan fingerprint density at radius 3 is 2.82 bits per heavy atom. The molecule has 0 amide bonds. The van der Waals surface area contributed by atoms with Crippen molar-refractivity contribution < 1.29 is 24.5 Å². The Labute approximate surface area is 130 Å². The van der Waals surface area contributed by atoms with Crippen LogP contribution in [-0.4, -0.2) is 28.6 Å². The van der Waals surface area contributed by atoms with Crippen molar-refractivity contribution in [1.82, 2.24) is 0 Å². The molecule has 0 saturated heterocycles. The van der Waals surface area contributed by atoms with Crippen LogP contribution in [0.25, 0.3) is 0 Å². The summed E-state index contributed by atoms with van der Waals surface area (Å²) in [5.41, 5.74) is 1.08. The fourth-order valence-corrected chi connectivity index (χ4v) is 3.22. The van der Waals surface area contributed by atoms with E-state index in [1.54, 1.807) is 23.6 Å². The summed E-state index contributed by atoms with van der Waals surface area (Å²) in [5.74, 6) is -2.22. The highest BCUT2D eigenvalue weighted by Crippen LogP contribution is 2.42. The Hall–Kier alpha value is -2.34. The quantitative estimate of drug-likeness (QED) is 0.847. The number of thiophene rings is 1. The molecule has 1 aromatic heterocycles. The minimum Gasteiger partial charge on any atom is -0.507 e. The van der Waals surface area contributed by atoms with Crippen LogP contribution in [0.2, 0.25) is 0 Å². The van der Waals surface area contributed by atoms with E-state index in [0.29, 0.717) is 23.7 Å². The van der Waals surface area contributed by atoms with E-state index in [1.165, 1.54) is 18.3 Å². The van der Waals surface area contributed by atoms with Gasteiger partial charge in [0.05, 0.1) is 17.4 Å². The maximum atomic E-state index is 12.7. The topological polar surface area (TPSA) is 83.8 Å². The summed E-state index contributed by atoms with van der Waals surface area (Å²) in [5, 5.41) is 21.5. The van der Waals surface area contributed by atoms with Crippen molar-refractivity contribution in [2.24, 2.45) is 0 Å². The van der Waals surface area contributed by atoms with Gasteiger partial charge in [0.2, 0.25) is 5.78 Å². The molecular weight excluding hydrogens is 304 g/mol. The van der Waals surface area contributed by atoms with Crippen LogP contribution in [-0.2, 0) is 11.2 Å². The lowest BCUT2D eigenvalue weighted by Crippen LogP contribution is -2.11. The van der Waals surface area contributed by atoms with E-state index in [2.05, 4.69) is 0 Å². The second-order valence-corrected chi connectivity index (χ2v) is 6.09. The molecule has 0 spiro atoms. The van der Waals surface area contributed by atoms with Crippen LogP contribution in [0, 0.1) is 0 Å². The van der Waals surface area contributed by atoms with E-state index in [9.17, 15) is 19.8 Å². The van der Waals surface area contributed by atoms with Gasteiger partial charge in [0.1, 0.15) is 17.1 Å². The summed E-state index contributed by atoms with van der Waals surface area (Å²) in [6, 6.07) is 5.04. The third-order valence-electron chi connectivity index (χ3n) is 3.79. The highest BCUT2D eigenvalue weighted by Gasteiger charge is 2.31. The second-order valence-electron chi connectivity index (χ2n) is 5.14. The molecule has 0 fully saturated rings. The predicted octanol–water partition coefficient (Wildman–Crippen LogP) is 2.81. The van der Waals surface area contributed by atoms with Gasteiger partial charge in [-0.3, -0.25) is 9.59 Å². The number of phenolic OH excluding ortho intramolecular Hbond substituents is 1. The first-order valence-corrected chi connectivity index (χ1v) is 7.71. The SMILES string of the molecule is CC(C(=O)O)c1cc2c(c(C(=O)c3cccs3)c1O)OCC2. The fraction of sp³-hybridized carbons (Fsp3) is 0.250. The fourth-order valence-electron chi connectivity index (χ4n) is 2.55. The van der Waals surface area contributed by atoms with Gasteiger partial charge in [0.25, 0.3) is 0 Å². The highest BCUT2D eigenvalue weighted by atomic mass is 32.1. The summed E-state index contributed by atoms with van der Waals surface area (Å²) >= 11 is 1.27. The minimum absolute atomic E-state index is 0.0700. The number of rotatable bonds is 4. The maximum Gasteiger partial charge on any atom is 0.310 e. The number of fused-ring (bicyclic) bond motifs is 1. The Kier molecular flexibility index (Phi) is 3.62. The number of phenols is 1. The molecule has 1 aromatic carbocycles. The lowest BCUT2D eigenvalue weighted by atomic mass is 9.92. The normalized spacial score (nSPS) is 14.2. The summed E-state index contributed by atoms with van der Waals surface area (Å²) < 4.78 is 5.50. The lowest BCUT2D eigenvalue weighted by molar-refractivity contribution is -0.138. The van der Waals surface area contributed by atoms with Gasteiger partial charge in [-0.15, -0.1) is 11.3 Å². The smallest absolute Gasteiger partial charge is 0.310 e. The predicted molar refractivity (Wildman–Crippen MR) is 81.1 cm³/mol. The molecule has 2 heterocycles. The Balaban J connectivity index is 2.20. The summed E-state index contributed by atoms with van der Waals surface area (Å²) in [6.45, 7) is 1.91. The molecule has 1 aliphatic rings. The van der Waals surface area contributed by atoms with Crippen LogP contribution in [0.1, 0.15) is 39.2 Å². The number of ether oxygens (including phenoxy) is 1. The van der Waals surface area contributed by atoms with Crippen LogP contribution in [0.15, 0.2) is 23.6 Å². The number of ketones is 1. The van der Waals surface area contributed by atoms with E-state index in [0.717, 1.165) is 5.56 Å². The summed E-state index contributed by atoms with van der Waals surface area (Å²) in [6.07, 6.45) is 0.597. The van der Waals surface area contributed by atoms with Gasteiger partial charge in [0, 0.05) is 12.0 Å². The molecule has 114 valence electrons. The molecule has 0 saturated carbocycles. The number of aromatic hydroxyl groups is 1. The van der Waals surface area contributed by atoms with E-state index < -0.39 is 11.9 Å². The molecule has 3 rings (SSSR count). The van der Waals surface area contributed by atoms with E-state index in [1.807, 2.05) is 0 Å². The number of aliphatic carboxylic acids is 1. The van der Waals surface area contributed by atoms with Crippen LogP contribution in [0.5, 0.6) is 11.5 Å². The van der Waals surface area contributed by atoms with Crippen molar-refractivity contribution in [2.45, 2.75) is 19.3 Å². The summed E-state index contributed by atoms with van der Waals surface area (Å²) in [4.78, 5) is 24.4. The number of carbonyl (C=O) groups is 2. The number of carbonyl (C=O) groups excluding carboxylic acids is 1. The van der Waals surface area contributed by atoms with Crippen LogP contribution in [0.3, 0.4) is 0 Å². The van der Waals surface area contributed by atoms with Gasteiger partial charge >= 0.3 is 5.97 Å². The highest BCUT2D eigenvalue weighted by molar-refractivity contribution is 7.12. The zero-order chi connectivity index (χ0) is 15.9. The molecule has 2 aromatic rings. The minimum atomic E-state index is -1.05. The van der Waals surface area contributed by atoms with Crippen molar-refractivity contribution in [1.29, 1.82) is 0 Å². The maximum absolute atomic E-state index is 12.7. The van der Waals surface area contributed by atoms with Gasteiger partial charge in [-0.05, 0) is 30.0 Å². The van der Waals surface area contributed by atoms with E-state index >= 15 is 0 Å². The average Bonchev–Trinajstić information content (AvgIpc) is 3.16. The zero-order valence-corrected chi connectivity index (χ0v) is 12.6. The van der Waals surface area contributed by atoms with Gasteiger partial charge in [-0.1, -0.05) is 6.07 Å². The molecule has 0 radical (unpaired) electrons. The molecule has 1 aliphatic heterocycles. The van der Waals surface area contributed by atoms with E-state index in [4.69, 9.17) is 4.74 Å². The third-order valence-corrected chi connectivity index (χ3v) is 4.65. The number of benzene rings is 1. The first kappa shape index (κ1) is 14.6. The molecule has 22 heavy (non-hydrogen) atoms. The van der Waals surface area contributed by atoms with Gasteiger partial charge < -0.3 is 14.9 Å². The first-order valence-electron chi connectivity index (χ1n) is 6.83. The van der Waals surface area contributed by atoms with Crippen LogP contribution >= 0.6 is 11.3 Å². The molecule has 1 atom stereocenters. The number of hydrogen-bond acceptors (Lipinski definition) is 5. The Bertz CT molecular complexity index is 748. The molecular formula is C16H14O5S.